The van der Waals surface area contributed by atoms with E-state index in [4.69, 9.17) is 0 Å². The highest BCUT2D eigenvalue weighted by Gasteiger charge is 2.60. The Balaban J connectivity index is 1.47. The number of rotatable bonds is 5. The molecular weight excluding hydrogens is 336 g/mol. The molecule has 0 aliphatic heterocycles. The number of hydrogen-bond acceptors (Lipinski definition) is 0. The highest BCUT2D eigenvalue weighted by molar-refractivity contribution is 5.09. The molecule has 0 nitrogen and oxygen atoms in total. The lowest BCUT2D eigenvalue weighted by Crippen LogP contribution is -2.54. The van der Waals surface area contributed by atoms with Gasteiger partial charge in [0, 0.05) is 0 Å². The van der Waals surface area contributed by atoms with Crippen molar-refractivity contribution in [2.75, 3.05) is 0 Å². The molecule has 28 heavy (non-hydrogen) atoms. The Labute approximate surface area is 177 Å². The first-order valence-electron chi connectivity index (χ1n) is 13.3. The minimum atomic E-state index is 0.669. The maximum absolute atomic E-state index is 2.75. The molecule has 0 heterocycles. The molecule has 0 heteroatoms. The van der Waals surface area contributed by atoms with Crippen molar-refractivity contribution in [1.82, 2.24) is 0 Å². The summed E-state index contributed by atoms with van der Waals surface area (Å²) in [6.45, 7) is 15.5. The summed E-state index contributed by atoms with van der Waals surface area (Å²) in [7, 11) is 0. The van der Waals surface area contributed by atoms with Gasteiger partial charge in [-0.1, -0.05) is 73.6 Å². The molecule has 4 aliphatic carbocycles. The van der Waals surface area contributed by atoms with E-state index >= 15 is 0 Å². The van der Waals surface area contributed by atoms with E-state index in [-0.39, 0.29) is 0 Å². The maximum Gasteiger partial charge on any atom is -0.0264 e. The van der Waals surface area contributed by atoms with Gasteiger partial charge in [0.25, 0.3) is 0 Å². The predicted molar refractivity (Wildman–Crippen MR) is 122 cm³/mol. The van der Waals surface area contributed by atoms with Crippen molar-refractivity contribution in [3.63, 3.8) is 0 Å². The lowest BCUT2D eigenvalue weighted by Gasteiger charge is -2.62. The Hall–Kier alpha value is 0. The zero-order valence-corrected chi connectivity index (χ0v) is 20.1. The van der Waals surface area contributed by atoms with Crippen molar-refractivity contribution in [1.29, 1.82) is 0 Å². The molecule has 0 amide bonds. The minimum absolute atomic E-state index is 0.669. The molecule has 0 aromatic heterocycles. The fourth-order valence-corrected chi connectivity index (χ4v) is 9.82. The van der Waals surface area contributed by atoms with Crippen LogP contribution in [0.15, 0.2) is 0 Å². The summed E-state index contributed by atoms with van der Waals surface area (Å²) in [4.78, 5) is 0. The summed E-state index contributed by atoms with van der Waals surface area (Å²) in [5.74, 6) is 8.06. The second kappa shape index (κ2) is 7.92. The number of hydrogen-bond donors (Lipinski definition) is 0. The normalized spacial score (nSPS) is 49.4. The van der Waals surface area contributed by atoms with Crippen molar-refractivity contribution >= 4 is 0 Å². The second-order valence-corrected chi connectivity index (χ2v) is 13.0. The van der Waals surface area contributed by atoms with Gasteiger partial charge in [-0.05, 0) is 103 Å². The summed E-state index contributed by atoms with van der Waals surface area (Å²) in [5, 5.41) is 0. The molecule has 0 spiro atoms. The minimum Gasteiger partial charge on any atom is -0.0628 e. The second-order valence-electron chi connectivity index (χ2n) is 13.0. The third-order valence-electron chi connectivity index (χ3n) is 11.2. The molecule has 0 radical (unpaired) electrons. The van der Waals surface area contributed by atoms with Crippen molar-refractivity contribution in [3.8, 4) is 0 Å². The van der Waals surface area contributed by atoms with E-state index in [0.717, 1.165) is 47.3 Å². The molecule has 0 N–H and O–H groups in total. The Kier molecular flexibility index (Phi) is 6.01. The average Bonchev–Trinajstić information content (AvgIpc) is 2.98. The largest absolute Gasteiger partial charge is 0.0628 e. The van der Waals surface area contributed by atoms with Crippen LogP contribution in [0.3, 0.4) is 0 Å². The molecule has 162 valence electrons. The molecule has 4 saturated carbocycles. The summed E-state index contributed by atoms with van der Waals surface area (Å²) < 4.78 is 0. The first kappa shape index (κ1) is 21.2. The lowest BCUT2D eigenvalue weighted by molar-refractivity contribution is -0.127. The van der Waals surface area contributed by atoms with Gasteiger partial charge in [-0.2, -0.15) is 0 Å². The molecule has 0 aromatic carbocycles. The van der Waals surface area contributed by atoms with E-state index < -0.39 is 0 Å². The van der Waals surface area contributed by atoms with Crippen LogP contribution in [0.25, 0.3) is 0 Å². The van der Waals surface area contributed by atoms with Crippen molar-refractivity contribution < 1.29 is 0 Å². The molecule has 7 unspecified atom stereocenters. The van der Waals surface area contributed by atoms with Crippen LogP contribution in [-0.4, -0.2) is 0 Å². The average molecular weight is 387 g/mol. The van der Waals surface area contributed by atoms with Gasteiger partial charge in [0.2, 0.25) is 0 Å². The molecule has 4 rings (SSSR count). The summed E-state index contributed by atoms with van der Waals surface area (Å²) >= 11 is 0. The fourth-order valence-electron chi connectivity index (χ4n) is 9.82. The van der Waals surface area contributed by atoms with E-state index in [1.807, 2.05) is 0 Å². The molecular formula is C28H50. The number of fused-ring (bicyclic) bond motifs is 5. The zero-order chi connectivity index (χ0) is 20.1. The molecule has 4 fully saturated rings. The topological polar surface area (TPSA) is 0 Å². The molecule has 9 atom stereocenters. The van der Waals surface area contributed by atoms with Gasteiger partial charge in [-0.15, -0.1) is 0 Å². The van der Waals surface area contributed by atoms with E-state index in [9.17, 15) is 0 Å². The third kappa shape index (κ3) is 3.41. The maximum atomic E-state index is 2.75. The van der Waals surface area contributed by atoms with Crippen LogP contribution in [0.1, 0.15) is 119 Å². The van der Waals surface area contributed by atoms with Crippen molar-refractivity contribution in [3.05, 3.63) is 0 Å². The Bertz CT molecular complexity index is 534. The van der Waals surface area contributed by atoms with Crippen molar-refractivity contribution in [2.45, 2.75) is 119 Å². The summed E-state index contributed by atoms with van der Waals surface area (Å²) in [6, 6.07) is 0. The standard InChI is InChI=1S/C28H50/c1-19(2)9-7-10-20(3)24-14-15-25-22-12-13-23-21(4)11-8-17-27(23,5)26(22)16-18-28(24,25)6/h19-26H,7-18H2,1-6H3/t20-,21-,22?,23?,24?,25?,26?,27?,28?/m1/s1. The highest BCUT2D eigenvalue weighted by atomic mass is 14.7. The van der Waals surface area contributed by atoms with Crippen LogP contribution < -0.4 is 0 Å². The Morgan fingerprint density at radius 2 is 1.46 bits per heavy atom. The van der Waals surface area contributed by atoms with Gasteiger partial charge in [0.1, 0.15) is 0 Å². The van der Waals surface area contributed by atoms with Gasteiger partial charge in [0.05, 0.1) is 0 Å². The van der Waals surface area contributed by atoms with Crippen LogP contribution in [0.5, 0.6) is 0 Å². The van der Waals surface area contributed by atoms with Crippen LogP contribution >= 0.6 is 0 Å². The first-order valence-corrected chi connectivity index (χ1v) is 13.3. The van der Waals surface area contributed by atoms with Crippen molar-refractivity contribution in [2.24, 2.45) is 58.2 Å². The van der Waals surface area contributed by atoms with Gasteiger partial charge < -0.3 is 0 Å². The predicted octanol–water partition coefficient (Wildman–Crippen LogP) is 8.74. The summed E-state index contributed by atoms with van der Waals surface area (Å²) in [5.41, 5.74) is 1.35. The first-order chi connectivity index (χ1) is 13.3. The van der Waals surface area contributed by atoms with Crippen LogP contribution in [-0.2, 0) is 0 Å². The molecule has 4 aliphatic rings. The lowest BCUT2D eigenvalue weighted by atomic mass is 9.43. The SMILES string of the molecule is CC(C)CCC[C@@H](C)C1CCC2C3CCC4[C@H](C)CCCC4(C)C3CCC21C. The zero-order valence-electron chi connectivity index (χ0n) is 20.1. The van der Waals surface area contributed by atoms with E-state index in [2.05, 4.69) is 41.5 Å². The molecule has 0 bridgehead atoms. The summed E-state index contributed by atoms with van der Waals surface area (Å²) in [6.07, 6.45) is 18.3. The Morgan fingerprint density at radius 3 is 2.21 bits per heavy atom. The quantitative estimate of drug-likeness (QED) is 0.443. The smallest absolute Gasteiger partial charge is 0.0264 e. The van der Waals surface area contributed by atoms with Crippen LogP contribution in [0.4, 0.5) is 0 Å². The van der Waals surface area contributed by atoms with Crippen LogP contribution in [0, 0.1) is 58.2 Å². The third-order valence-corrected chi connectivity index (χ3v) is 11.2. The van der Waals surface area contributed by atoms with Gasteiger partial charge in [-0.25, -0.2) is 0 Å². The van der Waals surface area contributed by atoms with Gasteiger partial charge >= 0.3 is 0 Å². The molecule has 0 aromatic rings. The van der Waals surface area contributed by atoms with Gasteiger partial charge in [-0.3, -0.25) is 0 Å². The van der Waals surface area contributed by atoms with E-state index in [0.29, 0.717) is 10.8 Å². The monoisotopic (exact) mass is 386 g/mol. The van der Waals surface area contributed by atoms with Crippen LogP contribution in [0.2, 0.25) is 0 Å². The van der Waals surface area contributed by atoms with Gasteiger partial charge in [0.15, 0.2) is 0 Å². The van der Waals surface area contributed by atoms with E-state index in [1.165, 1.54) is 32.1 Å². The highest BCUT2D eigenvalue weighted by Crippen LogP contribution is 2.68. The Morgan fingerprint density at radius 1 is 0.750 bits per heavy atom. The fraction of sp³-hybridized carbons (Fsp3) is 1.00. The van der Waals surface area contributed by atoms with E-state index in [1.54, 1.807) is 44.9 Å². The molecule has 0 saturated heterocycles.